The van der Waals surface area contributed by atoms with Crippen LogP contribution in [0.15, 0.2) is 47.5 Å². The van der Waals surface area contributed by atoms with Crippen LogP contribution < -0.4 is 4.90 Å². The highest BCUT2D eigenvalue weighted by Gasteiger charge is 2.45. The number of aliphatic imine (C=N–C) groups is 1. The molecule has 0 aromatic heterocycles. The molecule has 168 valence electrons. The monoisotopic (exact) mass is 441 g/mol. The molecule has 9 heteroatoms. The van der Waals surface area contributed by atoms with Gasteiger partial charge in [0.15, 0.2) is 0 Å². The molecule has 0 N–H and O–H groups in total. The fourth-order valence-corrected chi connectivity index (χ4v) is 3.62. The third kappa shape index (κ3) is 4.10. The Morgan fingerprint density at radius 2 is 1.97 bits per heavy atom. The van der Waals surface area contributed by atoms with Gasteiger partial charge in [-0.15, -0.1) is 0 Å². The Labute approximate surface area is 184 Å². The van der Waals surface area contributed by atoms with E-state index in [2.05, 4.69) is 4.99 Å². The van der Waals surface area contributed by atoms with Crippen LogP contribution in [0.1, 0.15) is 45.2 Å². The Morgan fingerprint density at radius 1 is 1.28 bits per heavy atom. The maximum Gasteiger partial charge on any atom is 0.332 e. The molecule has 1 atom stereocenters. The molecule has 0 fully saturated rings. The number of hydrogen-bond donors (Lipinski definition) is 0. The maximum atomic E-state index is 14.6. The van der Waals surface area contributed by atoms with Gasteiger partial charge in [-0.3, -0.25) is 24.8 Å². The molecule has 0 saturated heterocycles. The lowest BCUT2D eigenvalue weighted by Gasteiger charge is -2.39. The molecule has 0 radical (unpaired) electrons. The van der Waals surface area contributed by atoms with E-state index in [0.29, 0.717) is 0 Å². The van der Waals surface area contributed by atoms with Crippen molar-refractivity contribution in [3.05, 3.63) is 69.5 Å². The summed E-state index contributed by atoms with van der Waals surface area (Å²) in [5.74, 6) is -1.69. The average Bonchev–Trinajstić information content (AvgIpc) is 2.89. The molecular formula is C23H24FN3O5. The normalized spacial score (nSPS) is 15.5. The number of anilines is 1. The molecule has 1 heterocycles. The van der Waals surface area contributed by atoms with Gasteiger partial charge in [-0.2, -0.15) is 0 Å². The van der Waals surface area contributed by atoms with Crippen LogP contribution in [0.5, 0.6) is 0 Å². The van der Waals surface area contributed by atoms with Gasteiger partial charge in [-0.05, 0) is 45.4 Å². The van der Waals surface area contributed by atoms with Gasteiger partial charge in [-0.1, -0.05) is 19.1 Å². The lowest BCUT2D eigenvalue weighted by molar-refractivity contribution is -0.384. The van der Waals surface area contributed by atoms with Gasteiger partial charge in [0.25, 0.3) is 5.69 Å². The van der Waals surface area contributed by atoms with Crippen molar-refractivity contribution >= 4 is 29.0 Å². The van der Waals surface area contributed by atoms with Crippen LogP contribution in [0.4, 0.5) is 15.8 Å². The first-order valence-corrected chi connectivity index (χ1v) is 10.2. The predicted octanol–water partition coefficient (Wildman–Crippen LogP) is 4.04. The molecule has 3 rings (SSSR count). The Morgan fingerprint density at radius 3 is 2.56 bits per heavy atom. The summed E-state index contributed by atoms with van der Waals surface area (Å²) < 4.78 is 20.1. The Bertz CT molecular complexity index is 1110. The number of hydrogen-bond acceptors (Lipinski definition) is 6. The van der Waals surface area contributed by atoms with E-state index in [9.17, 15) is 24.1 Å². The molecule has 1 amide bonds. The van der Waals surface area contributed by atoms with Crippen LogP contribution in [0, 0.1) is 15.9 Å². The minimum atomic E-state index is -1.40. The van der Waals surface area contributed by atoms with Crippen molar-refractivity contribution in [2.24, 2.45) is 4.99 Å². The Kier molecular flexibility index (Phi) is 6.38. The number of nitro benzene ring substituents is 1. The minimum Gasteiger partial charge on any atom is -0.461 e. The number of fused-ring (bicyclic) bond motifs is 1. The standard InChI is InChI=1S/C23H24FN3O5/c1-5-23(4,22(29)32-14(2)3)26-19-11-10-15(27(30)31)12-17(19)21(25-13-20(26)28)16-8-6-7-9-18(16)24/h6-12,14H,5,13H2,1-4H3. The summed E-state index contributed by atoms with van der Waals surface area (Å²) in [6, 6.07) is 9.74. The van der Waals surface area contributed by atoms with E-state index in [-0.39, 0.29) is 41.2 Å². The maximum absolute atomic E-state index is 14.6. The number of rotatable bonds is 6. The molecule has 0 saturated carbocycles. The topological polar surface area (TPSA) is 102 Å². The first-order valence-electron chi connectivity index (χ1n) is 10.2. The molecule has 1 aliphatic heterocycles. The van der Waals surface area contributed by atoms with Gasteiger partial charge in [0.2, 0.25) is 5.91 Å². The van der Waals surface area contributed by atoms with Crippen molar-refractivity contribution in [3.63, 3.8) is 0 Å². The highest BCUT2D eigenvalue weighted by Crippen LogP contribution is 2.37. The summed E-state index contributed by atoms with van der Waals surface area (Å²) in [6.07, 6.45) is -0.188. The van der Waals surface area contributed by atoms with E-state index in [0.717, 1.165) is 0 Å². The summed E-state index contributed by atoms with van der Waals surface area (Å²) in [7, 11) is 0. The number of carbonyl (C=O) groups is 2. The summed E-state index contributed by atoms with van der Waals surface area (Å²) >= 11 is 0. The van der Waals surface area contributed by atoms with Crippen LogP contribution in [0.2, 0.25) is 0 Å². The molecule has 0 aliphatic carbocycles. The van der Waals surface area contributed by atoms with Crippen molar-refractivity contribution in [2.75, 3.05) is 11.4 Å². The summed E-state index contributed by atoms with van der Waals surface area (Å²) in [4.78, 5) is 42.7. The van der Waals surface area contributed by atoms with Gasteiger partial charge < -0.3 is 4.74 Å². The lowest BCUT2D eigenvalue weighted by Crippen LogP contribution is -2.57. The Hall–Kier alpha value is -3.62. The van der Waals surface area contributed by atoms with Crippen LogP contribution in [-0.2, 0) is 14.3 Å². The summed E-state index contributed by atoms with van der Waals surface area (Å²) in [5, 5.41) is 11.4. The van der Waals surface area contributed by atoms with Crippen molar-refractivity contribution < 1.29 is 23.6 Å². The number of benzene rings is 2. The third-order valence-electron chi connectivity index (χ3n) is 5.40. The number of carbonyl (C=O) groups excluding carboxylic acids is 2. The van der Waals surface area contributed by atoms with E-state index >= 15 is 0 Å². The molecule has 2 aromatic carbocycles. The molecule has 32 heavy (non-hydrogen) atoms. The fraction of sp³-hybridized carbons (Fsp3) is 0.348. The summed E-state index contributed by atoms with van der Waals surface area (Å²) in [5.41, 5.74) is -1.02. The number of nitrogens with zero attached hydrogens (tertiary/aromatic N) is 3. The van der Waals surface area contributed by atoms with Gasteiger partial charge in [0.1, 0.15) is 17.9 Å². The number of ether oxygens (including phenoxy) is 1. The van der Waals surface area contributed by atoms with Crippen molar-refractivity contribution in [1.29, 1.82) is 0 Å². The zero-order chi connectivity index (χ0) is 23.6. The first-order chi connectivity index (χ1) is 15.1. The quantitative estimate of drug-likeness (QED) is 0.382. The largest absolute Gasteiger partial charge is 0.461 e. The molecule has 2 aromatic rings. The molecule has 8 nitrogen and oxygen atoms in total. The molecule has 0 bridgehead atoms. The lowest BCUT2D eigenvalue weighted by atomic mass is 9.92. The van der Waals surface area contributed by atoms with Gasteiger partial charge in [-0.25, -0.2) is 9.18 Å². The van der Waals surface area contributed by atoms with Gasteiger partial charge in [0, 0.05) is 23.3 Å². The van der Waals surface area contributed by atoms with Crippen molar-refractivity contribution in [2.45, 2.75) is 45.8 Å². The van der Waals surface area contributed by atoms with Crippen LogP contribution >= 0.6 is 0 Å². The zero-order valence-corrected chi connectivity index (χ0v) is 18.3. The minimum absolute atomic E-state index is 0.104. The smallest absolute Gasteiger partial charge is 0.332 e. The fourth-order valence-electron chi connectivity index (χ4n) is 3.62. The SMILES string of the molecule is CCC(C)(C(=O)OC(C)C)N1C(=O)CN=C(c2ccccc2F)c2cc([N+](=O)[O-])ccc21. The number of halogens is 1. The summed E-state index contributed by atoms with van der Waals surface area (Å²) in [6.45, 7) is 6.36. The molecule has 0 spiro atoms. The number of non-ortho nitro benzene ring substituents is 1. The van der Waals surface area contributed by atoms with Crippen LogP contribution in [0.3, 0.4) is 0 Å². The van der Waals surface area contributed by atoms with Crippen LogP contribution in [0.25, 0.3) is 0 Å². The van der Waals surface area contributed by atoms with E-state index in [1.54, 1.807) is 33.8 Å². The van der Waals surface area contributed by atoms with E-state index in [1.165, 1.54) is 41.3 Å². The van der Waals surface area contributed by atoms with Gasteiger partial charge >= 0.3 is 5.97 Å². The highest BCUT2D eigenvalue weighted by molar-refractivity contribution is 6.21. The Balaban J connectivity index is 2.28. The van der Waals surface area contributed by atoms with E-state index in [4.69, 9.17) is 4.74 Å². The van der Waals surface area contributed by atoms with Crippen LogP contribution in [-0.4, -0.2) is 40.7 Å². The number of benzodiazepines with no additional fused rings is 1. The highest BCUT2D eigenvalue weighted by atomic mass is 19.1. The second kappa shape index (κ2) is 8.86. The predicted molar refractivity (Wildman–Crippen MR) is 117 cm³/mol. The van der Waals surface area contributed by atoms with E-state index in [1.807, 2.05) is 0 Å². The third-order valence-corrected chi connectivity index (χ3v) is 5.40. The zero-order valence-electron chi connectivity index (χ0n) is 18.3. The van der Waals surface area contributed by atoms with Crippen molar-refractivity contribution in [3.8, 4) is 0 Å². The average molecular weight is 441 g/mol. The second-order valence-corrected chi connectivity index (χ2v) is 7.91. The van der Waals surface area contributed by atoms with E-state index < -0.39 is 34.3 Å². The number of amides is 1. The molecular weight excluding hydrogens is 417 g/mol. The first kappa shape index (κ1) is 23.1. The van der Waals surface area contributed by atoms with Gasteiger partial charge in [0.05, 0.1) is 22.4 Å². The second-order valence-electron chi connectivity index (χ2n) is 7.91. The molecule has 1 aliphatic rings. The number of nitro groups is 1. The molecule has 1 unspecified atom stereocenters. The number of esters is 1. The van der Waals surface area contributed by atoms with Crippen molar-refractivity contribution in [1.82, 2.24) is 0 Å².